The molecule has 2 N–H and O–H groups in total. The highest BCUT2D eigenvalue weighted by Gasteiger charge is 2.10. The molecule has 0 saturated carbocycles. The number of aromatic nitrogens is 1. The van der Waals surface area contributed by atoms with E-state index in [2.05, 4.69) is 33.8 Å². The average molecular weight is 281 g/mol. The lowest BCUT2D eigenvalue weighted by Gasteiger charge is -2.07. The summed E-state index contributed by atoms with van der Waals surface area (Å²) in [6.07, 6.45) is 4.78. The van der Waals surface area contributed by atoms with Crippen LogP contribution < -0.4 is 10.6 Å². The molecule has 0 aliphatic carbocycles. The Bertz CT molecular complexity index is 625. The number of rotatable bonds is 5. The summed E-state index contributed by atoms with van der Waals surface area (Å²) in [5.41, 5.74) is 4.96. The predicted octanol–water partition coefficient (Wildman–Crippen LogP) is 1.93. The Labute approximate surface area is 124 Å². The fourth-order valence-electron chi connectivity index (χ4n) is 2.55. The monoisotopic (exact) mass is 281 g/mol. The van der Waals surface area contributed by atoms with Crippen molar-refractivity contribution < 1.29 is 4.79 Å². The quantitative estimate of drug-likeness (QED) is 0.880. The van der Waals surface area contributed by atoms with Crippen LogP contribution in [0.3, 0.4) is 0 Å². The van der Waals surface area contributed by atoms with Gasteiger partial charge in [0, 0.05) is 38.4 Å². The van der Waals surface area contributed by atoms with Gasteiger partial charge in [-0.1, -0.05) is 24.3 Å². The summed E-state index contributed by atoms with van der Waals surface area (Å²) in [6, 6.07) is 10.3. The fourth-order valence-corrected chi connectivity index (χ4v) is 2.55. The molecule has 0 atom stereocenters. The van der Waals surface area contributed by atoms with E-state index >= 15 is 0 Å². The number of benzene rings is 1. The molecule has 1 aliphatic heterocycles. The van der Waals surface area contributed by atoms with E-state index in [1.165, 1.54) is 11.1 Å². The van der Waals surface area contributed by atoms with Gasteiger partial charge in [-0.15, -0.1) is 0 Å². The summed E-state index contributed by atoms with van der Waals surface area (Å²) in [5, 5.41) is 6.31. The van der Waals surface area contributed by atoms with Crippen LogP contribution in [0, 0.1) is 0 Å². The van der Waals surface area contributed by atoms with Crippen LogP contribution in [-0.2, 0) is 30.8 Å². The van der Waals surface area contributed by atoms with Crippen molar-refractivity contribution in [2.24, 2.45) is 0 Å². The minimum Gasteiger partial charge on any atom is -0.352 e. The van der Waals surface area contributed by atoms with Crippen LogP contribution in [0.5, 0.6) is 0 Å². The third kappa shape index (κ3) is 3.67. The molecule has 2 aromatic rings. The summed E-state index contributed by atoms with van der Waals surface area (Å²) < 4.78 is 0. The highest BCUT2D eigenvalue weighted by atomic mass is 16.1. The lowest BCUT2D eigenvalue weighted by Crippen LogP contribution is -2.23. The fraction of sp³-hybridized carbons (Fsp3) is 0.294. The maximum Gasteiger partial charge on any atom is 0.220 e. The summed E-state index contributed by atoms with van der Waals surface area (Å²) in [6.45, 7) is 2.48. The number of nitrogens with one attached hydrogen (secondary N) is 2. The first kappa shape index (κ1) is 13.8. The number of pyridine rings is 1. The normalized spacial score (nSPS) is 13.0. The molecule has 1 amide bonds. The van der Waals surface area contributed by atoms with Gasteiger partial charge in [0.1, 0.15) is 0 Å². The highest BCUT2D eigenvalue weighted by Crippen LogP contribution is 2.16. The average Bonchev–Trinajstić information content (AvgIpc) is 2.99. The Morgan fingerprint density at radius 2 is 2.10 bits per heavy atom. The number of hydrogen-bond donors (Lipinski definition) is 2. The van der Waals surface area contributed by atoms with E-state index < -0.39 is 0 Å². The summed E-state index contributed by atoms with van der Waals surface area (Å²) in [7, 11) is 0. The second kappa shape index (κ2) is 6.50. The zero-order valence-corrected chi connectivity index (χ0v) is 11.9. The molecule has 0 fully saturated rings. The Morgan fingerprint density at radius 3 is 2.95 bits per heavy atom. The standard InChI is InChI=1S/C17H19N3O/c21-17(6-4-13-2-1-7-18-9-13)20-10-14-3-5-15-11-19-12-16(15)8-14/h1-3,5,7-9,19H,4,6,10-12H2,(H,20,21). The van der Waals surface area contributed by atoms with Crippen molar-refractivity contribution in [1.29, 1.82) is 0 Å². The molecule has 2 heterocycles. The first-order valence-electron chi connectivity index (χ1n) is 7.28. The van der Waals surface area contributed by atoms with Crippen molar-refractivity contribution in [1.82, 2.24) is 15.6 Å². The molecule has 4 nitrogen and oxygen atoms in total. The number of amides is 1. The van der Waals surface area contributed by atoms with Crippen LogP contribution in [0.1, 0.15) is 28.7 Å². The number of fused-ring (bicyclic) bond motifs is 1. The number of carbonyl (C=O) groups is 1. The molecular weight excluding hydrogens is 262 g/mol. The number of hydrogen-bond acceptors (Lipinski definition) is 3. The first-order chi connectivity index (χ1) is 10.3. The van der Waals surface area contributed by atoms with E-state index in [1.54, 1.807) is 12.4 Å². The largest absolute Gasteiger partial charge is 0.352 e. The Kier molecular flexibility index (Phi) is 4.26. The minimum atomic E-state index is 0.0810. The van der Waals surface area contributed by atoms with Crippen molar-refractivity contribution in [3.05, 3.63) is 65.0 Å². The van der Waals surface area contributed by atoms with Gasteiger partial charge in [-0.2, -0.15) is 0 Å². The van der Waals surface area contributed by atoms with E-state index in [-0.39, 0.29) is 5.91 Å². The van der Waals surface area contributed by atoms with Crippen LogP contribution in [0.4, 0.5) is 0 Å². The molecule has 1 aromatic heterocycles. The molecule has 108 valence electrons. The number of carbonyl (C=O) groups excluding carboxylic acids is 1. The lowest BCUT2D eigenvalue weighted by molar-refractivity contribution is -0.121. The number of nitrogens with zero attached hydrogens (tertiary/aromatic N) is 1. The van der Waals surface area contributed by atoms with Gasteiger partial charge >= 0.3 is 0 Å². The van der Waals surface area contributed by atoms with E-state index in [4.69, 9.17) is 0 Å². The van der Waals surface area contributed by atoms with Crippen LogP contribution >= 0.6 is 0 Å². The van der Waals surface area contributed by atoms with Crippen LogP contribution in [0.25, 0.3) is 0 Å². The third-order valence-electron chi connectivity index (χ3n) is 3.75. The van der Waals surface area contributed by atoms with Crippen molar-refractivity contribution in [3.8, 4) is 0 Å². The molecule has 3 rings (SSSR count). The van der Waals surface area contributed by atoms with Gasteiger partial charge in [0.15, 0.2) is 0 Å². The molecule has 4 heteroatoms. The van der Waals surface area contributed by atoms with E-state index in [1.807, 2.05) is 12.1 Å². The van der Waals surface area contributed by atoms with Gasteiger partial charge in [-0.25, -0.2) is 0 Å². The molecule has 0 radical (unpaired) electrons. The number of aryl methyl sites for hydroxylation is 1. The molecule has 21 heavy (non-hydrogen) atoms. The van der Waals surface area contributed by atoms with Crippen molar-refractivity contribution in [3.63, 3.8) is 0 Å². The van der Waals surface area contributed by atoms with Crippen LogP contribution in [-0.4, -0.2) is 10.9 Å². The van der Waals surface area contributed by atoms with E-state index in [0.717, 1.165) is 30.6 Å². The minimum absolute atomic E-state index is 0.0810. The molecule has 1 aliphatic rings. The maximum atomic E-state index is 11.9. The zero-order valence-electron chi connectivity index (χ0n) is 11.9. The Morgan fingerprint density at radius 1 is 1.19 bits per heavy atom. The second-order valence-corrected chi connectivity index (χ2v) is 5.34. The van der Waals surface area contributed by atoms with E-state index in [9.17, 15) is 4.79 Å². The predicted molar refractivity (Wildman–Crippen MR) is 81.4 cm³/mol. The van der Waals surface area contributed by atoms with Gasteiger partial charge in [0.05, 0.1) is 0 Å². The Hall–Kier alpha value is -2.20. The van der Waals surface area contributed by atoms with Gasteiger partial charge in [-0.05, 0) is 34.7 Å². The summed E-state index contributed by atoms with van der Waals surface area (Å²) in [4.78, 5) is 15.9. The SMILES string of the molecule is O=C(CCc1cccnc1)NCc1ccc2c(c1)CNC2. The third-order valence-corrected chi connectivity index (χ3v) is 3.75. The topological polar surface area (TPSA) is 54.0 Å². The van der Waals surface area contributed by atoms with Gasteiger partial charge in [0.25, 0.3) is 0 Å². The van der Waals surface area contributed by atoms with Gasteiger partial charge in [-0.3, -0.25) is 9.78 Å². The van der Waals surface area contributed by atoms with Crippen molar-refractivity contribution in [2.45, 2.75) is 32.5 Å². The van der Waals surface area contributed by atoms with E-state index in [0.29, 0.717) is 13.0 Å². The maximum absolute atomic E-state index is 11.9. The second-order valence-electron chi connectivity index (χ2n) is 5.34. The highest BCUT2D eigenvalue weighted by molar-refractivity contribution is 5.76. The molecular formula is C17H19N3O. The zero-order chi connectivity index (χ0) is 14.5. The van der Waals surface area contributed by atoms with Crippen LogP contribution in [0.2, 0.25) is 0 Å². The molecule has 0 bridgehead atoms. The smallest absolute Gasteiger partial charge is 0.220 e. The van der Waals surface area contributed by atoms with Gasteiger partial charge < -0.3 is 10.6 Å². The Balaban J connectivity index is 1.47. The molecule has 0 saturated heterocycles. The van der Waals surface area contributed by atoms with Gasteiger partial charge in [0.2, 0.25) is 5.91 Å². The molecule has 0 spiro atoms. The summed E-state index contributed by atoms with van der Waals surface area (Å²) >= 11 is 0. The van der Waals surface area contributed by atoms with Crippen molar-refractivity contribution >= 4 is 5.91 Å². The van der Waals surface area contributed by atoms with Crippen LogP contribution in [0.15, 0.2) is 42.7 Å². The molecule has 0 unspecified atom stereocenters. The van der Waals surface area contributed by atoms with Crippen molar-refractivity contribution in [2.75, 3.05) is 0 Å². The summed E-state index contributed by atoms with van der Waals surface area (Å²) in [5.74, 6) is 0.0810. The lowest BCUT2D eigenvalue weighted by atomic mass is 10.1. The molecule has 1 aromatic carbocycles. The first-order valence-corrected chi connectivity index (χ1v) is 7.28.